The molecule has 0 saturated heterocycles. The van der Waals surface area contributed by atoms with Gasteiger partial charge in [0.1, 0.15) is 0 Å². The average Bonchev–Trinajstić information content (AvgIpc) is 2.49. The van der Waals surface area contributed by atoms with Crippen molar-refractivity contribution in [1.82, 2.24) is 5.32 Å². The molecule has 0 bridgehead atoms. The maximum absolute atomic E-state index is 12.4. The molecular weight excluding hydrogens is 424 g/mol. The molecule has 0 unspecified atom stereocenters. The van der Waals surface area contributed by atoms with E-state index < -0.39 is 0 Å². The van der Waals surface area contributed by atoms with Crippen LogP contribution in [-0.2, 0) is 0 Å². The molecule has 6 heteroatoms. The molecule has 1 amide bonds. The summed E-state index contributed by atoms with van der Waals surface area (Å²) in [6, 6.07) is 3.25. The molecule has 2 rings (SSSR count). The third kappa shape index (κ3) is 4.24. The van der Waals surface area contributed by atoms with Crippen molar-refractivity contribution in [2.45, 2.75) is 32.1 Å². The van der Waals surface area contributed by atoms with Gasteiger partial charge in [0.05, 0.1) is 17.2 Å². The van der Waals surface area contributed by atoms with Gasteiger partial charge in [-0.3, -0.25) is 4.79 Å². The van der Waals surface area contributed by atoms with Crippen LogP contribution >= 0.6 is 45.8 Å². The van der Waals surface area contributed by atoms with Gasteiger partial charge in [0, 0.05) is 20.6 Å². The maximum atomic E-state index is 12.4. The Labute approximate surface area is 148 Å². The molecule has 1 aromatic carbocycles. The summed E-state index contributed by atoms with van der Waals surface area (Å²) in [6.45, 7) is 0.600. The Morgan fingerprint density at radius 3 is 2.57 bits per heavy atom. The van der Waals surface area contributed by atoms with E-state index in [2.05, 4.69) is 5.32 Å². The molecule has 1 aromatic rings. The molecule has 0 spiro atoms. The first kappa shape index (κ1) is 17.3. The van der Waals surface area contributed by atoms with E-state index in [9.17, 15) is 9.90 Å². The van der Waals surface area contributed by atoms with Gasteiger partial charge in [-0.1, -0.05) is 42.5 Å². The van der Waals surface area contributed by atoms with Gasteiger partial charge in [-0.15, -0.1) is 0 Å². The maximum Gasteiger partial charge on any atom is 0.252 e. The Hall–Kier alpha value is -0.0400. The molecule has 0 heterocycles. The molecule has 0 aliphatic heterocycles. The molecule has 0 radical (unpaired) electrons. The zero-order chi connectivity index (χ0) is 15.5. The summed E-state index contributed by atoms with van der Waals surface area (Å²) in [5.41, 5.74) is 0.304. The first-order valence-corrected chi connectivity index (χ1v) is 8.84. The standard InChI is InChI=1S/C15H18Cl2INO2/c16-10-6-11(13(18)12(17)7-10)14(21)19-8-15(9-20)4-2-1-3-5-15/h6-7,20H,1-5,8-9H2,(H,19,21). The van der Waals surface area contributed by atoms with E-state index in [0.29, 0.717) is 25.7 Å². The highest BCUT2D eigenvalue weighted by atomic mass is 127. The largest absolute Gasteiger partial charge is 0.396 e. The van der Waals surface area contributed by atoms with Gasteiger partial charge in [-0.05, 0) is 47.6 Å². The van der Waals surface area contributed by atoms with E-state index in [-0.39, 0.29) is 17.9 Å². The van der Waals surface area contributed by atoms with Gasteiger partial charge in [-0.2, -0.15) is 0 Å². The number of hydrogen-bond donors (Lipinski definition) is 2. The Morgan fingerprint density at radius 1 is 1.29 bits per heavy atom. The van der Waals surface area contributed by atoms with Crippen LogP contribution in [0.4, 0.5) is 0 Å². The normalized spacial score (nSPS) is 17.5. The van der Waals surface area contributed by atoms with Crippen molar-refractivity contribution in [2.75, 3.05) is 13.2 Å². The van der Waals surface area contributed by atoms with Crippen molar-refractivity contribution in [1.29, 1.82) is 0 Å². The summed E-state index contributed by atoms with van der Waals surface area (Å²) >= 11 is 14.1. The monoisotopic (exact) mass is 441 g/mol. The fourth-order valence-corrected chi connectivity index (χ4v) is 3.83. The van der Waals surface area contributed by atoms with Gasteiger partial charge in [0.15, 0.2) is 0 Å². The molecule has 3 nitrogen and oxygen atoms in total. The molecule has 1 fully saturated rings. The van der Waals surface area contributed by atoms with Crippen LogP contribution in [0.2, 0.25) is 10.0 Å². The smallest absolute Gasteiger partial charge is 0.252 e. The number of amides is 1. The Morgan fingerprint density at radius 2 is 1.95 bits per heavy atom. The molecule has 21 heavy (non-hydrogen) atoms. The van der Waals surface area contributed by atoms with Crippen molar-refractivity contribution < 1.29 is 9.90 Å². The fourth-order valence-electron chi connectivity index (χ4n) is 2.78. The summed E-state index contributed by atoms with van der Waals surface area (Å²) < 4.78 is 0.692. The number of halogens is 3. The lowest BCUT2D eigenvalue weighted by Crippen LogP contribution is -2.41. The summed E-state index contributed by atoms with van der Waals surface area (Å²) in [6.07, 6.45) is 5.33. The van der Waals surface area contributed by atoms with Crippen LogP contribution in [0.3, 0.4) is 0 Å². The molecule has 116 valence electrons. The second kappa shape index (κ2) is 7.49. The fraction of sp³-hybridized carbons (Fsp3) is 0.533. The average molecular weight is 442 g/mol. The van der Waals surface area contributed by atoms with Crippen molar-refractivity contribution in [3.05, 3.63) is 31.3 Å². The summed E-state index contributed by atoms with van der Waals surface area (Å²) in [4.78, 5) is 12.4. The lowest BCUT2D eigenvalue weighted by atomic mass is 9.74. The lowest BCUT2D eigenvalue weighted by Gasteiger charge is -2.35. The Balaban J connectivity index is 2.08. The number of carbonyl (C=O) groups excluding carboxylic acids is 1. The number of rotatable bonds is 4. The Kier molecular flexibility index (Phi) is 6.17. The quantitative estimate of drug-likeness (QED) is 0.541. The van der Waals surface area contributed by atoms with Crippen molar-refractivity contribution in [3.8, 4) is 0 Å². The molecule has 1 saturated carbocycles. The summed E-state index contributed by atoms with van der Waals surface area (Å²) in [5, 5.41) is 13.5. The number of benzene rings is 1. The minimum atomic E-state index is -0.192. The van der Waals surface area contributed by atoms with Gasteiger partial charge < -0.3 is 10.4 Å². The number of aliphatic hydroxyl groups is 1. The van der Waals surface area contributed by atoms with Crippen LogP contribution in [0.1, 0.15) is 42.5 Å². The highest BCUT2D eigenvalue weighted by Crippen LogP contribution is 2.35. The van der Waals surface area contributed by atoms with Crippen LogP contribution in [0.25, 0.3) is 0 Å². The summed E-state index contributed by atoms with van der Waals surface area (Å²) in [7, 11) is 0. The third-order valence-electron chi connectivity index (χ3n) is 4.11. The van der Waals surface area contributed by atoms with Crippen molar-refractivity contribution in [2.24, 2.45) is 5.41 Å². The van der Waals surface area contributed by atoms with Gasteiger partial charge >= 0.3 is 0 Å². The minimum absolute atomic E-state index is 0.112. The highest BCUT2D eigenvalue weighted by Gasteiger charge is 2.32. The molecule has 1 aliphatic rings. The number of nitrogens with one attached hydrogen (secondary N) is 1. The SMILES string of the molecule is O=C(NCC1(CO)CCCCC1)c1cc(Cl)cc(Cl)c1I. The second-order valence-corrected chi connectivity index (χ2v) is 7.57. The highest BCUT2D eigenvalue weighted by molar-refractivity contribution is 14.1. The first-order valence-electron chi connectivity index (χ1n) is 7.01. The summed E-state index contributed by atoms with van der Waals surface area (Å²) in [5.74, 6) is -0.192. The molecule has 0 atom stereocenters. The third-order valence-corrected chi connectivity index (χ3v) is 6.11. The predicted molar refractivity (Wildman–Crippen MR) is 94.1 cm³/mol. The topological polar surface area (TPSA) is 49.3 Å². The lowest BCUT2D eigenvalue weighted by molar-refractivity contribution is 0.0717. The molecular formula is C15H18Cl2INO2. The van der Waals surface area contributed by atoms with Crippen LogP contribution in [0.5, 0.6) is 0 Å². The Bertz CT molecular complexity index is 531. The van der Waals surface area contributed by atoms with E-state index in [0.717, 1.165) is 25.7 Å². The van der Waals surface area contributed by atoms with Crippen molar-refractivity contribution >= 4 is 51.7 Å². The number of hydrogen-bond acceptors (Lipinski definition) is 2. The van der Waals surface area contributed by atoms with Gasteiger partial charge in [-0.25, -0.2) is 0 Å². The van der Waals surface area contributed by atoms with Crippen LogP contribution in [0, 0.1) is 8.99 Å². The van der Waals surface area contributed by atoms with E-state index >= 15 is 0 Å². The second-order valence-electron chi connectivity index (χ2n) is 5.65. The molecule has 0 aromatic heterocycles. The van der Waals surface area contributed by atoms with Crippen LogP contribution < -0.4 is 5.32 Å². The van der Waals surface area contributed by atoms with Crippen LogP contribution in [-0.4, -0.2) is 24.2 Å². The zero-order valence-corrected chi connectivity index (χ0v) is 15.3. The van der Waals surface area contributed by atoms with E-state index in [4.69, 9.17) is 23.2 Å². The van der Waals surface area contributed by atoms with Gasteiger partial charge in [0.2, 0.25) is 0 Å². The molecule has 2 N–H and O–H groups in total. The first-order chi connectivity index (χ1) is 9.97. The van der Waals surface area contributed by atoms with Gasteiger partial charge in [0.25, 0.3) is 5.91 Å². The van der Waals surface area contributed by atoms with E-state index in [1.54, 1.807) is 12.1 Å². The van der Waals surface area contributed by atoms with E-state index in [1.165, 1.54) is 6.42 Å². The number of aliphatic hydroxyl groups excluding tert-OH is 1. The zero-order valence-electron chi connectivity index (χ0n) is 11.6. The van der Waals surface area contributed by atoms with Crippen molar-refractivity contribution in [3.63, 3.8) is 0 Å². The number of carbonyl (C=O) groups is 1. The predicted octanol–water partition coefficient (Wildman–Crippen LogP) is 4.27. The van der Waals surface area contributed by atoms with Crippen LogP contribution in [0.15, 0.2) is 12.1 Å². The van der Waals surface area contributed by atoms with E-state index in [1.807, 2.05) is 22.6 Å². The minimum Gasteiger partial charge on any atom is -0.396 e. The molecule has 1 aliphatic carbocycles.